The number of likely N-dealkylation sites (tertiary alicyclic amines) is 2. The number of aryl methyl sites for hydroxylation is 1. The van der Waals surface area contributed by atoms with Crippen LogP contribution < -0.4 is 5.32 Å². The summed E-state index contributed by atoms with van der Waals surface area (Å²) >= 11 is 0. The summed E-state index contributed by atoms with van der Waals surface area (Å²) < 4.78 is 0. The van der Waals surface area contributed by atoms with Gasteiger partial charge in [-0.1, -0.05) is 18.2 Å². The Kier molecular flexibility index (Phi) is 6.53. The van der Waals surface area contributed by atoms with E-state index in [4.69, 9.17) is 0 Å². The molecule has 0 aromatic heterocycles. The zero-order valence-corrected chi connectivity index (χ0v) is 16.9. The maximum atomic E-state index is 12.7. The van der Waals surface area contributed by atoms with Gasteiger partial charge in [0.15, 0.2) is 0 Å². The first-order valence-electron chi connectivity index (χ1n) is 10.4. The van der Waals surface area contributed by atoms with Crippen molar-refractivity contribution in [3.05, 3.63) is 35.4 Å². The van der Waals surface area contributed by atoms with Gasteiger partial charge in [-0.3, -0.25) is 14.5 Å². The minimum atomic E-state index is -0.0999. The second kappa shape index (κ2) is 8.87. The molecule has 2 amide bonds. The lowest BCUT2D eigenvalue weighted by Crippen LogP contribution is -2.52. The van der Waals surface area contributed by atoms with Gasteiger partial charge in [-0.15, -0.1) is 0 Å². The third-order valence-corrected chi connectivity index (χ3v) is 6.21. The van der Waals surface area contributed by atoms with E-state index >= 15 is 0 Å². The van der Waals surface area contributed by atoms with Crippen molar-refractivity contribution in [2.75, 3.05) is 19.6 Å². The molecule has 1 aromatic carbocycles. The van der Waals surface area contributed by atoms with Crippen LogP contribution in [0.25, 0.3) is 0 Å². The molecule has 1 aromatic rings. The maximum Gasteiger partial charge on any atom is 0.251 e. The lowest BCUT2D eigenvalue weighted by molar-refractivity contribution is -0.133. The van der Waals surface area contributed by atoms with Crippen LogP contribution in [0.2, 0.25) is 0 Å². The van der Waals surface area contributed by atoms with Crippen LogP contribution in [-0.2, 0) is 4.79 Å². The molecule has 2 fully saturated rings. The second-order valence-electron chi connectivity index (χ2n) is 8.18. The van der Waals surface area contributed by atoms with Gasteiger partial charge >= 0.3 is 0 Å². The van der Waals surface area contributed by atoms with Gasteiger partial charge in [-0.05, 0) is 58.1 Å². The Hall–Kier alpha value is -1.88. The van der Waals surface area contributed by atoms with E-state index in [1.54, 1.807) is 0 Å². The zero-order valence-electron chi connectivity index (χ0n) is 16.9. The molecular weight excluding hydrogens is 338 g/mol. The monoisotopic (exact) mass is 371 g/mol. The van der Waals surface area contributed by atoms with E-state index < -0.39 is 0 Å². The van der Waals surface area contributed by atoms with Crippen molar-refractivity contribution in [1.29, 1.82) is 0 Å². The number of rotatable bonds is 5. The second-order valence-corrected chi connectivity index (χ2v) is 8.18. The van der Waals surface area contributed by atoms with Crippen molar-refractivity contribution in [3.63, 3.8) is 0 Å². The fourth-order valence-electron chi connectivity index (χ4n) is 4.72. The van der Waals surface area contributed by atoms with Crippen LogP contribution in [0.1, 0.15) is 61.9 Å². The topological polar surface area (TPSA) is 52.7 Å². The summed E-state index contributed by atoms with van der Waals surface area (Å²) in [4.78, 5) is 29.6. The molecule has 148 valence electrons. The van der Waals surface area contributed by atoms with E-state index in [1.807, 2.05) is 36.1 Å². The molecule has 3 atom stereocenters. The highest BCUT2D eigenvalue weighted by atomic mass is 16.2. The van der Waals surface area contributed by atoms with E-state index in [9.17, 15) is 9.59 Å². The number of amides is 2. The van der Waals surface area contributed by atoms with Crippen molar-refractivity contribution in [2.45, 2.75) is 71.0 Å². The lowest BCUT2D eigenvalue weighted by atomic mass is 10.0. The SMILES string of the molecule is Cc1ccccc1C(=O)NCCC(=O)N1CCC[C@@H](N2[C@H](C)CC[C@@H]2C)C1. The van der Waals surface area contributed by atoms with Gasteiger partial charge in [0.1, 0.15) is 0 Å². The molecule has 0 unspecified atom stereocenters. The van der Waals surface area contributed by atoms with Crippen LogP contribution in [0, 0.1) is 6.92 Å². The van der Waals surface area contributed by atoms with E-state index in [0.29, 0.717) is 36.7 Å². The Morgan fingerprint density at radius 1 is 1.11 bits per heavy atom. The Balaban J connectivity index is 1.48. The number of hydrogen-bond acceptors (Lipinski definition) is 3. The van der Waals surface area contributed by atoms with E-state index in [-0.39, 0.29) is 11.8 Å². The van der Waals surface area contributed by atoms with E-state index in [1.165, 1.54) is 19.3 Å². The number of carbonyl (C=O) groups excluding carboxylic acids is 2. The number of hydrogen-bond donors (Lipinski definition) is 1. The summed E-state index contributed by atoms with van der Waals surface area (Å²) in [5.74, 6) is 0.0569. The fraction of sp³-hybridized carbons (Fsp3) is 0.636. The molecule has 2 aliphatic heterocycles. The minimum absolute atomic E-state index is 0.0999. The Morgan fingerprint density at radius 2 is 1.81 bits per heavy atom. The molecule has 0 spiro atoms. The summed E-state index contributed by atoms with van der Waals surface area (Å²) in [5.41, 5.74) is 1.63. The van der Waals surface area contributed by atoms with Crippen molar-refractivity contribution >= 4 is 11.8 Å². The summed E-state index contributed by atoms with van der Waals surface area (Å²) in [5, 5.41) is 2.89. The molecule has 3 rings (SSSR count). The van der Waals surface area contributed by atoms with Crippen molar-refractivity contribution in [1.82, 2.24) is 15.1 Å². The Bertz CT molecular complexity index is 665. The molecule has 0 saturated carbocycles. The summed E-state index contributed by atoms with van der Waals surface area (Å²) in [6.45, 7) is 8.62. The highest BCUT2D eigenvalue weighted by molar-refractivity contribution is 5.95. The van der Waals surface area contributed by atoms with Gasteiger partial charge < -0.3 is 10.2 Å². The average Bonchev–Trinajstić information content (AvgIpc) is 3.00. The van der Waals surface area contributed by atoms with E-state index in [2.05, 4.69) is 24.1 Å². The Morgan fingerprint density at radius 3 is 2.52 bits per heavy atom. The lowest BCUT2D eigenvalue weighted by Gasteiger charge is -2.41. The number of nitrogens with zero attached hydrogens (tertiary/aromatic N) is 2. The van der Waals surface area contributed by atoms with Gasteiger partial charge in [-0.25, -0.2) is 0 Å². The van der Waals surface area contributed by atoms with Crippen molar-refractivity contribution < 1.29 is 9.59 Å². The highest BCUT2D eigenvalue weighted by Crippen LogP contribution is 2.29. The molecular formula is C22H33N3O2. The molecule has 0 radical (unpaired) electrons. The molecule has 27 heavy (non-hydrogen) atoms. The predicted molar refractivity (Wildman–Crippen MR) is 108 cm³/mol. The summed E-state index contributed by atoms with van der Waals surface area (Å²) in [6, 6.07) is 9.25. The van der Waals surface area contributed by atoms with Crippen molar-refractivity contribution in [3.8, 4) is 0 Å². The van der Waals surface area contributed by atoms with E-state index in [0.717, 1.165) is 25.1 Å². The zero-order chi connectivity index (χ0) is 19.4. The van der Waals surface area contributed by atoms with Crippen LogP contribution in [0.5, 0.6) is 0 Å². The van der Waals surface area contributed by atoms with Gasteiger partial charge in [0.05, 0.1) is 0 Å². The largest absolute Gasteiger partial charge is 0.352 e. The number of carbonyl (C=O) groups is 2. The van der Waals surface area contributed by atoms with Gasteiger partial charge in [0, 0.05) is 49.7 Å². The molecule has 2 saturated heterocycles. The maximum absolute atomic E-state index is 12.7. The molecule has 1 N–H and O–H groups in total. The highest BCUT2D eigenvalue weighted by Gasteiger charge is 2.36. The number of benzene rings is 1. The predicted octanol–water partition coefficient (Wildman–Crippen LogP) is 2.98. The first-order chi connectivity index (χ1) is 13.0. The Labute approximate surface area is 163 Å². The summed E-state index contributed by atoms with van der Waals surface area (Å²) in [7, 11) is 0. The molecule has 2 heterocycles. The van der Waals surface area contributed by atoms with Crippen LogP contribution >= 0.6 is 0 Å². The minimum Gasteiger partial charge on any atom is -0.352 e. The van der Waals surface area contributed by atoms with Gasteiger partial charge in [0.2, 0.25) is 5.91 Å². The van der Waals surface area contributed by atoms with Crippen LogP contribution in [0.15, 0.2) is 24.3 Å². The molecule has 5 heteroatoms. The van der Waals surface area contributed by atoms with Crippen LogP contribution in [0.4, 0.5) is 0 Å². The van der Waals surface area contributed by atoms with Gasteiger partial charge in [-0.2, -0.15) is 0 Å². The molecule has 0 bridgehead atoms. The number of piperidine rings is 1. The first kappa shape index (κ1) is 19.9. The third kappa shape index (κ3) is 4.70. The average molecular weight is 372 g/mol. The quantitative estimate of drug-likeness (QED) is 0.866. The molecule has 0 aliphatic carbocycles. The fourth-order valence-corrected chi connectivity index (χ4v) is 4.72. The summed E-state index contributed by atoms with van der Waals surface area (Å²) in [6.07, 6.45) is 5.15. The third-order valence-electron chi connectivity index (χ3n) is 6.21. The number of nitrogens with one attached hydrogen (secondary N) is 1. The van der Waals surface area contributed by atoms with Crippen LogP contribution in [-0.4, -0.2) is 59.4 Å². The smallest absolute Gasteiger partial charge is 0.251 e. The molecule has 5 nitrogen and oxygen atoms in total. The standard InChI is InChI=1S/C22H33N3O2/c1-16-7-4-5-9-20(16)22(27)23-13-12-21(26)24-14-6-8-19(15-24)25-17(2)10-11-18(25)3/h4-5,7,9,17-19H,6,8,10-15H2,1-3H3,(H,23,27)/t17-,18+,19-/m1/s1. The first-order valence-corrected chi connectivity index (χ1v) is 10.4. The van der Waals surface area contributed by atoms with Gasteiger partial charge in [0.25, 0.3) is 5.91 Å². The van der Waals surface area contributed by atoms with Crippen molar-refractivity contribution in [2.24, 2.45) is 0 Å². The normalized spacial score (nSPS) is 26.2. The molecule has 2 aliphatic rings. The van der Waals surface area contributed by atoms with Crippen LogP contribution in [0.3, 0.4) is 0 Å².